The van der Waals surface area contributed by atoms with E-state index in [1.165, 1.54) is 12.5 Å². The number of hydrogen-bond donors (Lipinski definition) is 2. The van der Waals surface area contributed by atoms with Crippen LogP contribution in [-0.2, 0) is 4.79 Å². The zero-order valence-corrected chi connectivity index (χ0v) is 5.31. The topological polar surface area (TPSA) is 57.8 Å². The van der Waals surface area contributed by atoms with Gasteiger partial charge in [0.05, 0.1) is 12.5 Å². The summed E-state index contributed by atoms with van der Waals surface area (Å²) in [7, 11) is 0. The molecule has 50 valence electrons. The lowest BCUT2D eigenvalue weighted by molar-refractivity contribution is -0.105. The van der Waals surface area contributed by atoms with E-state index in [0.29, 0.717) is 12.2 Å². The number of rotatable bonds is 2. The first-order chi connectivity index (χ1) is 3.93. The summed E-state index contributed by atoms with van der Waals surface area (Å²) in [6.07, 6.45) is 3.60. The van der Waals surface area contributed by atoms with Gasteiger partial charge in [-0.25, -0.2) is 4.98 Å². The first kappa shape index (κ1) is 7.97. The van der Waals surface area contributed by atoms with Crippen molar-refractivity contribution in [3.63, 3.8) is 0 Å². The van der Waals surface area contributed by atoms with Crippen LogP contribution in [0, 0.1) is 0 Å². The molecule has 0 saturated carbocycles. The number of hydrogen-bond acceptors (Lipinski definition) is 2. The van der Waals surface area contributed by atoms with Gasteiger partial charge in [-0.1, -0.05) is 0 Å². The molecule has 1 amide bonds. The lowest BCUT2D eigenvalue weighted by atomic mass is 10.8. The molecule has 0 saturated heterocycles. The Labute approximate surface area is 58.1 Å². The average Bonchev–Trinajstić information content (AvgIpc) is 2.19. The Hall–Kier alpha value is -1.03. The first-order valence-electron chi connectivity index (χ1n) is 2.12. The third kappa shape index (κ3) is 2.14. The molecule has 0 aromatic carbocycles. The summed E-state index contributed by atoms with van der Waals surface area (Å²) in [5.41, 5.74) is 0. The highest BCUT2D eigenvalue weighted by atomic mass is 35.5. The van der Waals surface area contributed by atoms with E-state index in [1.54, 1.807) is 0 Å². The minimum atomic E-state index is 0. The minimum Gasteiger partial charge on any atom is -0.331 e. The van der Waals surface area contributed by atoms with Crippen LogP contribution in [0.4, 0.5) is 5.82 Å². The fraction of sp³-hybridized carbons (Fsp3) is 0. The van der Waals surface area contributed by atoms with Crippen LogP contribution in [0.3, 0.4) is 0 Å². The fourth-order valence-electron chi connectivity index (χ4n) is 0.398. The molecule has 1 aromatic rings. The molecule has 5 heteroatoms. The van der Waals surface area contributed by atoms with Gasteiger partial charge in [-0.3, -0.25) is 4.79 Å². The fourth-order valence-corrected chi connectivity index (χ4v) is 0.398. The van der Waals surface area contributed by atoms with E-state index < -0.39 is 0 Å². The van der Waals surface area contributed by atoms with Gasteiger partial charge >= 0.3 is 0 Å². The third-order valence-corrected chi connectivity index (χ3v) is 0.713. The van der Waals surface area contributed by atoms with E-state index in [9.17, 15) is 4.79 Å². The van der Waals surface area contributed by atoms with Crippen molar-refractivity contribution in [1.29, 1.82) is 0 Å². The average molecular weight is 148 g/mol. The molecular weight excluding hydrogens is 142 g/mol. The van der Waals surface area contributed by atoms with Crippen molar-refractivity contribution < 1.29 is 4.79 Å². The second kappa shape index (κ2) is 3.91. The molecule has 1 rings (SSSR count). The largest absolute Gasteiger partial charge is 0.331 e. The molecule has 0 unspecified atom stereocenters. The van der Waals surface area contributed by atoms with Crippen LogP contribution < -0.4 is 5.32 Å². The molecule has 0 bridgehead atoms. The second-order valence-corrected chi connectivity index (χ2v) is 1.23. The number of carbonyl (C=O) groups excluding carboxylic acids is 1. The second-order valence-electron chi connectivity index (χ2n) is 1.23. The van der Waals surface area contributed by atoms with Crippen molar-refractivity contribution in [2.45, 2.75) is 0 Å². The van der Waals surface area contributed by atoms with Crippen molar-refractivity contribution in [2.75, 3.05) is 5.32 Å². The van der Waals surface area contributed by atoms with E-state index in [4.69, 9.17) is 0 Å². The van der Waals surface area contributed by atoms with E-state index in [1.807, 2.05) is 0 Å². The Kier molecular flexibility index (Phi) is 3.46. The summed E-state index contributed by atoms with van der Waals surface area (Å²) >= 11 is 0. The Morgan fingerprint density at radius 2 is 2.56 bits per heavy atom. The normalized spacial score (nSPS) is 7.56. The molecule has 0 aliphatic heterocycles. The van der Waals surface area contributed by atoms with Crippen LogP contribution in [0.5, 0.6) is 0 Å². The number of carbonyl (C=O) groups is 1. The van der Waals surface area contributed by atoms with E-state index in [-0.39, 0.29) is 12.4 Å². The van der Waals surface area contributed by atoms with Gasteiger partial charge in [0, 0.05) is 0 Å². The maximum atomic E-state index is 9.71. The number of aromatic amines is 1. The molecule has 0 spiro atoms. The minimum absolute atomic E-state index is 0. The molecule has 0 atom stereocenters. The molecular formula is C4H6ClN3O. The summed E-state index contributed by atoms with van der Waals surface area (Å²) < 4.78 is 0. The summed E-state index contributed by atoms with van der Waals surface area (Å²) in [5.74, 6) is 0.611. The number of halogens is 1. The monoisotopic (exact) mass is 147 g/mol. The van der Waals surface area contributed by atoms with Crippen molar-refractivity contribution >= 4 is 24.6 Å². The number of imidazole rings is 1. The Bertz CT molecular complexity index is 162. The Morgan fingerprint density at radius 3 is 3.00 bits per heavy atom. The van der Waals surface area contributed by atoms with Gasteiger partial charge in [0.1, 0.15) is 5.82 Å². The molecule has 2 N–H and O–H groups in total. The SMILES string of the molecule is Cl.O=CNc1cnc[nH]1. The highest BCUT2D eigenvalue weighted by Crippen LogP contribution is 1.93. The number of aromatic nitrogens is 2. The number of anilines is 1. The molecule has 4 nitrogen and oxygen atoms in total. The maximum Gasteiger partial charge on any atom is 0.212 e. The highest BCUT2D eigenvalue weighted by Gasteiger charge is 1.84. The zero-order chi connectivity index (χ0) is 5.82. The molecule has 9 heavy (non-hydrogen) atoms. The van der Waals surface area contributed by atoms with Crippen LogP contribution in [0.15, 0.2) is 12.5 Å². The first-order valence-corrected chi connectivity index (χ1v) is 2.12. The smallest absolute Gasteiger partial charge is 0.212 e. The zero-order valence-electron chi connectivity index (χ0n) is 4.50. The number of nitrogens with one attached hydrogen (secondary N) is 2. The van der Waals surface area contributed by atoms with Gasteiger partial charge in [0.15, 0.2) is 0 Å². The van der Waals surface area contributed by atoms with E-state index in [2.05, 4.69) is 15.3 Å². The van der Waals surface area contributed by atoms with Crippen molar-refractivity contribution in [2.24, 2.45) is 0 Å². The van der Waals surface area contributed by atoms with Crippen molar-refractivity contribution in [1.82, 2.24) is 9.97 Å². The van der Waals surface area contributed by atoms with Gasteiger partial charge in [-0.15, -0.1) is 12.4 Å². The molecule has 0 fully saturated rings. The lowest BCUT2D eigenvalue weighted by Crippen LogP contribution is -1.92. The van der Waals surface area contributed by atoms with Gasteiger partial charge < -0.3 is 10.3 Å². The Morgan fingerprint density at radius 1 is 1.78 bits per heavy atom. The third-order valence-electron chi connectivity index (χ3n) is 0.713. The van der Waals surface area contributed by atoms with Crippen LogP contribution >= 0.6 is 12.4 Å². The van der Waals surface area contributed by atoms with Crippen LogP contribution in [0.1, 0.15) is 0 Å². The number of nitrogens with zero attached hydrogens (tertiary/aromatic N) is 1. The summed E-state index contributed by atoms with van der Waals surface area (Å²) in [6, 6.07) is 0. The van der Waals surface area contributed by atoms with Gasteiger partial charge in [0.25, 0.3) is 0 Å². The number of amides is 1. The summed E-state index contributed by atoms with van der Waals surface area (Å²) in [5, 5.41) is 2.39. The molecule has 0 radical (unpaired) electrons. The van der Waals surface area contributed by atoms with Gasteiger partial charge in [-0.2, -0.15) is 0 Å². The van der Waals surface area contributed by atoms with E-state index >= 15 is 0 Å². The maximum absolute atomic E-state index is 9.71. The quantitative estimate of drug-likeness (QED) is 0.595. The molecule has 0 aliphatic rings. The van der Waals surface area contributed by atoms with Gasteiger partial charge in [0.2, 0.25) is 6.41 Å². The van der Waals surface area contributed by atoms with E-state index in [0.717, 1.165) is 0 Å². The molecule has 1 heterocycles. The predicted octanol–water partition coefficient (Wildman–Crippen LogP) is 0.400. The van der Waals surface area contributed by atoms with Crippen LogP contribution in [-0.4, -0.2) is 16.4 Å². The summed E-state index contributed by atoms with van der Waals surface area (Å²) in [6.45, 7) is 0. The van der Waals surface area contributed by atoms with Crippen molar-refractivity contribution in [3.8, 4) is 0 Å². The van der Waals surface area contributed by atoms with Crippen LogP contribution in [0.2, 0.25) is 0 Å². The highest BCUT2D eigenvalue weighted by molar-refractivity contribution is 5.85. The Balaban J connectivity index is 0.000000640. The molecule has 1 aromatic heterocycles. The molecule has 0 aliphatic carbocycles. The lowest BCUT2D eigenvalue weighted by Gasteiger charge is -1.85. The van der Waals surface area contributed by atoms with Crippen LogP contribution in [0.25, 0.3) is 0 Å². The standard InChI is InChI=1S/C4H5N3O.ClH/c8-3-7-4-1-5-2-6-4;/h1-3H,(H,5,6)(H,7,8);1H. The number of H-pyrrole nitrogens is 1. The summed E-state index contributed by atoms with van der Waals surface area (Å²) in [4.78, 5) is 16.1. The van der Waals surface area contributed by atoms with Gasteiger partial charge in [-0.05, 0) is 0 Å². The predicted molar refractivity (Wildman–Crippen MR) is 35.5 cm³/mol. The van der Waals surface area contributed by atoms with Crippen molar-refractivity contribution in [3.05, 3.63) is 12.5 Å².